The summed E-state index contributed by atoms with van der Waals surface area (Å²) in [6.45, 7) is 1.11. The van der Waals surface area contributed by atoms with E-state index in [0.717, 1.165) is 22.3 Å². The lowest BCUT2D eigenvalue weighted by Crippen LogP contribution is -2.49. The molecule has 10 heteroatoms. The summed E-state index contributed by atoms with van der Waals surface area (Å²) in [5.74, 6) is -3.43. The molecule has 2 aromatic carbocycles. The minimum atomic E-state index is -4.90. The number of fused-ring (bicyclic) bond motifs is 3. The van der Waals surface area contributed by atoms with E-state index in [1.807, 2.05) is 48.5 Å². The molecule has 2 amide bonds. The van der Waals surface area contributed by atoms with Crippen LogP contribution in [-0.2, 0) is 14.3 Å². The Labute approximate surface area is 194 Å². The summed E-state index contributed by atoms with van der Waals surface area (Å²) in [5.41, 5.74) is 3.77. The van der Waals surface area contributed by atoms with Gasteiger partial charge in [0.25, 0.3) is 0 Å². The Bertz CT molecular complexity index is 1010. The summed E-state index contributed by atoms with van der Waals surface area (Å²) >= 11 is 0. The van der Waals surface area contributed by atoms with Gasteiger partial charge in [0.05, 0.1) is 12.3 Å². The SMILES string of the molecule is CCC(CNC(=O)CC(NC(=O)OCC1c2ccccc2-c2ccccc21)C(F)(F)F)C(=O)O. The zero-order valence-electron chi connectivity index (χ0n) is 18.4. The number of benzene rings is 2. The van der Waals surface area contributed by atoms with Crippen molar-refractivity contribution in [3.05, 3.63) is 59.7 Å². The first kappa shape index (κ1) is 25.1. The molecule has 7 nitrogen and oxygen atoms in total. The summed E-state index contributed by atoms with van der Waals surface area (Å²) in [5, 5.41) is 12.9. The average molecular weight is 478 g/mol. The van der Waals surface area contributed by atoms with Crippen molar-refractivity contribution in [3.8, 4) is 11.1 Å². The number of alkyl halides is 3. The maximum absolute atomic E-state index is 13.4. The summed E-state index contributed by atoms with van der Waals surface area (Å²) < 4.78 is 45.4. The molecule has 2 atom stereocenters. The predicted octanol–water partition coefficient (Wildman–Crippen LogP) is 4.07. The highest BCUT2D eigenvalue weighted by Gasteiger charge is 2.42. The first-order valence-electron chi connectivity index (χ1n) is 10.8. The number of aliphatic carboxylic acids is 1. The number of nitrogens with one attached hydrogen (secondary N) is 2. The maximum Gasteiger partial charge on any atom is 0.409 e. The van der Waals surface area contributed by atoms with E-state index in [-0.39, 0.29) is 25.5 Å². The lowest BCUT2D eigenvalue weighted by atomic mass is 9.98. The fourth-order valence-electron chi connectivity index (χ4n) is 3.93. The van der Waals surface area contributed by atoms with Crippen LogP contribution in [0.5, 0.6) is 0 Å². The number of carbonyl (C=O) groups is 3. The fourth-order valence-corrected chi connectivity index (χ4v) is 3.93. The normalized spacial score (nSPS) is 14.5. The van der Waals surface area contributed by atoms with Crippen LogP contribution < -0.4 is 10.6 Å². The molecule has 3 rings (SSSR count). The quantitative estimate of drug-likeness (QED) is 0.504. The molecule has 0 spiro atoms. The van der Waals surface area contributed by atoms with Crippen LogP contribution in [0, 0.1) is 5.92 Å². The van der Waals surface area contributed by atoms with Gasteiger partial charge in [-0.05, 0) is 28.7 Å². The highest BCUT2D eigenvalue weighted by Crippen LogP contribution is 2.44. The molecule has 2 unspecified atom stereocenters. The Balaban J connectivity index is 1.61. The smallest absolute Gasteiger partial charge is 0.409 e. The summed E-state index contributed by atoms with van der Waals surface area (Å²) in [7, 11) is 0. The lowest BCUT2D eigenvalue weighted by molar-refractivity contribution is -0.160. The van der Waals surface area contributed by atoms with E-state index in [9.17, 15) is 27.6 Å². The molecular formula is C24H25F3N2O5. The van der Waals surface area contributed by atoms with E-state index >= 15 is 0 Å². The number of rotatable bonds is 9. The van der Waals surface area contributed by atoms with Crippen LogP contribution in [0.25, 0.3) is 11.1 Å². The van der Waals surface area contributed by atoms with Gasteiger partial charge in [-0.25, -0.2) is 4.79 Å². The molecule has 0 radical (unpaired) electrons. The van der Waals surface area contributed by atoms with Gasteiger partial charge in [0.15, 0.2) is 0 Å². The first-order valence-corrected chi connectivity index (χ1v) is 10.8. The third-order valence-electron chi connectivity index (χ3n) is 5.81. The average Bonchev–Trinajstić information content (AvgIpc) is 3.10. The number of hydrogen-bond donors (Lipinski definition) is 3. The van der Waals surface area contributed by atoms with Crippen LogP contribution in [0.15, 0.2) is 48.5 Å². The molecular weight excluding hydrogens is 453 g/mol. The summed E-state index contributed by atoms with van der Waals surface area (Å²) in [6, 6.07) is 12.6. The number of halogens is 3. The molecule has 182 valence electrons. The second-order valence-electron chi connectivity index (χ2n) is 8.02. The van der Waals surface area contributed by atoms with Gasteiger partial charge in [-0.2, -0.15) is 13.2 Å². The van der Waals surface area contributed by atoms with Gasteiger partial charge in [0.2, 0.25) is 5.91 Å². The third kappa shape index (κ3) is 5.86. The minimum Gasteiger partial charge on any atom is -0.481 e. The molecule has 34 heavy (non-hydrogen) atoms. The van der Waals surface area contributed by atoms with Crippen molar-refractivity contribution >= 4 is 18.0 Å². The van der Waals surface area contributed by atoms with Crippen LogP contribution in [0.3, 0.4) is 0 Å². The predicted molar refractivity (Wildman–Crippen MR) is 117 cm³/mol. The molecule has 0 saturated heterocycles. The lowest BCUT2D eigenvalue weighted by Gasteiger charge is -2.22. The molecule has 0 fully saturated rings. The van der Waals surface area contributed by atoms with Gasteiger partial charge in [0.1, 0.15) is 12.6 Å². The van der Waals surface area contributed by atoms with Crippen molar-refractivity contribution in [3.63, 3.8) is 0 Å². The molecule has 1 aliphatic carbocycles. The van der Waals surface area contributed by atoms with Crippen molar-refractivity contribution in [2.24, 2.45) is 5.92 Å². The molecule has 0 saturated carbocycles. The molecule has 0 aromatic heterocycles. The van der Waals surface area contributed by atoms with E-state index in [1.165, 1.54) is 0 Å². The zero-order valence-corrected chi connectivity index (χ0v) is 18.4. The highest BCUT2D eigenvalue weighted by molar-refractivity contribution is 5.80. The number of hydrogen-bond acceptors (Lipinski definition) is 4. The maximum atomic E-state index is 13.4. The Morgan fingerprint density at radius 1 is 1.03 bits per heavy atom. The fraction of sp³-hybridized carbons (Fsp3) is 0.375. The van der Waals surface area contributed by atoms with Crippen molar-refractivity contribution in [1.82, 2.24) is 10.6 Å². The van der Waals surface area contributed by atoms with Gasteiger partial charge in [-0.1, -0.05) is 55.5 Å². The number of amides is 2. The van der Waals surface area contributed by atoms with E-state index in [1.54, 1.807) is 12.2 Å². The van der Waals surface area contributed by atoms with E-state index in [0.29, 0.717) is 0 Å². The van der Waals surface area contributed by atoms with E-state index < -0.39 is 42.5 Å². The molecule has 0 aliphatic heterocycles. The Morgan fingerprint density at radius 3 is 2.09 bits per heavy atom. The van der Waals surface area contributed by atoms with Gasteiger partial charge < -0.3 is 20.5 Å². The number of ether oxygens (including phenoxy) is 1. The number of carbonyl (C=O) groups excluding carboxylic acids is 2. The Morgan fingerprint density at radius 2 is 1.59 bits per heavy atom. The Kier molecular flexibility index (Phi) is 7.80. The summed E-state index contributed by atoms with van der Waals surface area (Å²) in [6.07, 6.45) is -7.09. The van der Waals surface area contributed by atoms with E-state index in [2.05, 4.69) is 5.32 Å². The second kappa shape index (κ2) is 10.6. The molecule has 1 aliphatic rings. The van der Waals surface area contributed by atoms with Crippen molar-refractivity contribution in [2.75, 3.05) is 13.2 Å². The molecule has 0 bridgehead atoms. The van der Waals surface area contributed by atoms with Crippen LogP contribution in [0.1, 0.15) is 36.8 Å². The third-order valence-corrected chi connectivity index (χ3v) is 5.81. The van der Waals surface area contributed by atoms with Crippen LogP contribution >= 0.6 is 0 Å². The largest absolute Gasteiger partial charge is 0.481 e. The first-order chi connectivity index (χ1) is 16.1. The van der Waals surface area contributed by atoms with Crippen LogP contribution in [0.2, 0.25) is 0 Å². The summed E-state index contributed by atoms with van der Waals surface area (Å²) in [4.78, 5) is 35.2. The van der Waals surface area contributed by atoms with Crippen LogP contribution in [0.4, 0.5) is 18.0 Å². The van der Waals surface area contributed by atoms with Gasteiger partial charge in [-0.3, -0.25) is 9.59 Å². The number of carboxylic acids is 1. The number of alkyl carbamates (subject to hydrolysis) is 1. The highest BCUT2D eigenvalue weighted by atomic mass is 19.4. The van der Waals surface area contributed by atoms with Gasteiger partial charge >= 0.3 is 18.2 Å². The van der Waals surface area contributed by atoms with Gasteiger partial charge in [0, 0.05) is 12.5 Å². The molecule has 0 heterocycles. The van der Waals surface area contributed by atoms with Crippen molar-refractivity contribution in [2.45, 2.75) is 37.9 Å². The topological polar surface area (TPSA) is 105 Å². The van der Waals surface area contributed by atoms with Gasteiger partial charge in [-0.15, -0.1) is 0 Å². The molecule has 2 aromatic rings. The zero-order chi connectivity index (χ0) is 24.9. The Hall–Kier alpha value is -3.56. The second-order valence-corrected chi connectivity index (χ2v) is 8.02. The van der Waals surface area contributed by atoms with Crippen molar-refractivity contribution < 1.29 is 37.4 Å². The van der Waals surface area contributed by atoms with Crippen LogP contribution in [-0.4, -0.2) is 48.4 Å². The van der Waals surface area contributed by atoms with E-state index in [4.69, 9.17) is 9.84 Å². The van der Waals surface area contributed by atoms with Crippen molar-refractivity contribution in [1.29, 1.82) is 0 Å². The standard InChI is InChI=1S/C24H25F3N2O5/c1-2-14(22(31)32)12-28-21(30)11-20(24(25,26)27)29-23(33)34-13-19-17-9-5-3-7-15(17)16-8-4-6-10-18(16)19/h3-10,14,19-20H,2,11-13H2,1H3,(H,28,30)(H,29,33)(H,31,32). The number of carboxylic acid groups (broad SMARTS) is 1. The molecule has 3 N–H and O–H groups in total. The minimum absolute atomic E-state index is 0.173. The monoisotopic (exact) mass is 478 g/mol.